The minimum atomic E-state index is -0.994. The number of carboxylic acid groups (broad SMARTS) is 1. The summed E-state index contributed by atoms with van der Waals surface area (Å²) in [7, 11) is 0. The van der Waals surface area contributed by atoms with Gasteiger partial charge in [-0.25, -0.2) is 4.79 Å². The summed E-state index contributed by atoms with van der Waals surface area (Å²) in [5, 5.41) is 11.1. The van der Waals surface area contributed by atoms with Gasteiger partial charge in [0.2, 0.25) is 5.91 Å². The monoisotopic (exact) mass is 191 g/mol. The smallest absolute Gasteiger partial charge is 0.335 e. The van der Waals surface area contributed by atoms with E-state index in [4.69, 9.17) is 5.11 Å². The van der Waals surface area contributed by atoms with Gasteiger partial charge in [-0.15, -0.1) is 0 Å². The van der Waals surface area contributed by atoms with E-state index in [1.807, 2.05) is 0 Å². The van der Waals surface area contributed by atoms with Gasteiger partial charge in [0.05, 0.1) is 5.56 Å². The molecule has 4 heteroatoms. The molecular weight excluding hydrogens is 182 g/mol. The maximum absolute atomic E-state index is 10.9. The van der Waals surface area contributed by atoms with Crippen molar-refractivity contribution in [3.05, 3.63) is 42.5 Å². The molecule has 0 aliphatic carbocycles. The van der Waals surface area contributed by atoms with E-state index in [9.17, 15) is 9.59 Å². The number of hydrogen-bond donors (Lipinski definition) is 2. The molecule has 1 rings (SSSR count). The fourth-order valence-corrected chi connectivity index (χ4v) is 0.889. The van der Waals surface area contributed by atoms with Crippen LogP contribution in [0.2, 0.25) is 0 Å². The lowest BCUT2D eigenvalue weighted by Crippen LogP contribution is -2.07. The van der Waals surface area contributed by atoms with Crippen molar-refractivity contribution in [1.82, 2.24) is 0 Å². The van der Waals surface area contributed by atoms with Gasteiger partial charge in [0.15, 0.2) is 0 Å². The predicted molar refractivity (Wildman–Crippen MR) is 52.2 cm³/mol. The first kappa shape index (κ1) is 9.98. The lowest BCUT2D eigenvalue weighted by Gasteiger charge is -2.01. The van der Waals surface area contributed by atoms with Crippen LogP contribution in [0.5, 0.6) is 0 Å². The number of carbonyl (C=O) groups excluding carboxylic acids is 1. The van der Waals surface area contributed by atoms with Crippen molar-refractivity contribution in [2.24, 2.45) is 0 Å². The van der Waals surface area contributed by atoms with E-state index in [1.54, 1.807) is 0 Å². The predicted octanol–water partition coefficient (Wildman–Crippen LogP) is 1.51. The highest BCUT2D eigenvalue weighted by molar-refractivity contribution is 5.99. The molecule has 0 bridgehead atoms. The second kappa shape index (κ2) is 4.23. The lowest BCUT2D eigenvalue weighted by molar-refractivity contribution is -0.111. The summed E-state index contributed by atoms with van der Waals surface area (Å²) in [6.07, 6.45) is 1.14. The zero-order valence-corrected chi connectivity index (χ0v) is 7.36. The Kier molecular flexibility index (Phi) is 3.01. The van der Waals surface area contributed by atoms with Crippen LogP contribution in [-0.2, 0) is 4.79 Å². The molecular formula is C10H9NO3. The van der Waals surface area contributed by atoms with Crippen molar-refractivity contribution in [3.8, 4) is 0 Å². The van der Waals surface area contributed by atoms with Gasteiger partial charge in [0, 0.05) is 5.69 Å². The Morgan fingerprint density at radius 2 is 1.86 bits per heavy atom. The normalized spacial score (nSPS) is 9.14. The molecule has 0 unspecified atom stereocenters. The van der Waals surface area contributed by atoms with Crippen LogP contribution in [0.1, 0.15) is 10.4 Å². The van der Waals surface area contributed by atoms with Crippen molar-refractivity contribution in [3.63, 3.8) is 0 Å². The van der Waals surface area contributed by atoms with E-state index in [1.165, 1.54) is 24.3 Å². The first-order valence-corrected chi connectivity index (χ1v) is 3.90. The largest absolute Gasteiger partial charge is 0.478 e. The molecule has 0 aliphatic heterocycles. The number of anilines is 1. The third-order valence-electron chi connectivity index (χ3n) is 1.58. The lowest BCUT2D eigenvalue weighted by atomic mass is 10.2. The Morgan fingerprint density at radius 3 is 2.29 bits per heavy atom. The summed E-state index contributed by atoms with van der Waals surface area (Å²) < 4.78 is 0. The fraction of sp³-hybridized carbons (Fsp3) is 0. The molecule has 0 radical (unpaired) electrons. The first-order valence-electron chi connectivity index (χ1n) is 3.90. The summed E-state index contributed by atoms with van der Waals surface area (Å²) in [5.41, 5.74) is 0.724. The fourth-order valence-electron chi connectivity index (χ4n) is 0.889. The SMILES string of the molecule is C=CC(=O)Nc1ccc(C(=O)O)cc1. The average molecular weight is 191 g/mol. The Morgan fingerprint density at radius 1 is 1.29 bits per heavy atom. The van der Waals surface area contributed by atoms with Gasteiger partial charge in [-0.3, -0.25) is 4.79 Å². The standard InChI is InChI=1S/C10H9NO3/c1-2-9(12)11-8-5-3-7(4-6-8)10(13)14/h2-6H,1H2,(H,11,12)(H,13,14). The molecule has 0 atom stereocenters. The van der Waals surface area contributed by atoms with E-state index in [-0.39, 0.29) is 11.5 Å². The number of carboxylic acids is 1. The molecule has 1 aromatic rings. The maximum atomic E-state index is 10.9. The summed E-state index contributed by atoms with van der Waals surface area (Å²) in [6.45, 7) is 3.30. The number of hydrogen-bond acceptors (Lipinski definition) is 2. The Balaban J connectivity index is 2.78. The second-order valence-corrected chi connectivity index (χ2v) is 2.58. The molecule has 0 aliphatic rings. The highest BCUT2D eigenvalue weighted by Crippen LogP contribution is 2.09. The summed E-state index contributed by atoms with van der Waals surface area (Å²) in [4.78, 5) is 21.3. The number of rotatable bonds is 3. The molecule has 1 amide bonds. The number of amides is 1. The Bertz CT molecular complexity index is 367. The van der Waals surface area contributed by atoms with Crippen LogP contribution >= 0.6 is 0 Å². The molecule has 4 nitrogen and oxygen atoms in total. The van der Waals surface area contributed by atoms with E-state index in [0.717, 1.165) is 6.08 Å². The number of nitrogens with one attached hydrogen (secondary N) is 1. The minimum absolute atomic E-state index is 0.182. The molecule has 0 saturated carbocycles. The van der Waals surface area contributed by atoms with E-state index in [2.05, 4.69) is 11.9 Å². The Labute approximate surface area is 80.9 Å². The second-order valence-electron chi connectivity index (χ2n) is 2.58. The zero-order chi connectivity index (χ0) is 10.6. The van der Waals surface area contributed by atoms with Crippen LogP contribution < -0.4 is 5.32 Å². The van der Waals surface area contributed by atoms with Crippen molar-refractivity contribution in [1.29, 1.82) is 0 Å². The highest BCUT2D eigenvalue weighted by atomic mass is 16.4. The molecule has 1 aromatic carbocycles. The van der Waals surface area contributed by atoms with Gasteiger partial charge in [-0.05, 0) is 30.3 Å². The number of aromatic carboxylic acids is 1. The van der Waals surface area contributed by atoms with Crippen molar-refractivity contribution in [2.45, 2.75) is 0 Å². The summed E-state index contributed by atoms with van der Waals surface area (Å²) >= 11 is 0. The first-order chi connectivity index (χ1) is 6.63. The molecule has 0 saturated heterocycles. The average Bonchev–Trinajstić information content (AvgIpc) is 2.18. The van der Waals surface area contributed by atoms with E-state index >= 15 is 0 Å². The molecule has 0 fully saturated rings. The maximum Gasteiger partial charge on any atom is 0.335 e. The number of benzene rings is 1. The van der Waals surface area contributed by atoms with Gasteiger partial charge >= 0.3 is 5.97 Å². The molecule has 14 heavy (non-hydrogen) atoms. The van der Waals surface area contributed by atoms with Crippen LogP contribution in [0.15, 0.2) is 36.9 Å². The Hall–Kier alpha value is -2.10. The van der Waals surface area contributed by atoms with Crippen LogP contribution in [0.25, 0.3) is 0 Å². The number of carbonyl (C=O) groups is 2. The highest BCUT2D eigenvalue weighted by Gasteiger charge is 2.02. The minimum Gasteiger partial charge on any atom is -0.478 e. The van der Waals surface area contributed by atoms with Crippen molar-refractivity contribution < 1.29 is 14.7 Å². The van der Waals surface area contributed by atoms with Crippen LogP contribution in [0.3, 0.4) is 0 Å². The third kappa shape index (κ3) is 2.45. The topological polar surface area (TPSA) is 66.4 Å². The molecule has 0 heterocycles. The van der Waals surface area contributed by atoms with Crippen LogP contribution in [0, 0.1) is 0 Å². The van der Waals surface area contributed by atoms with Gasteiger partial charge < -0.3 is 10.4 Å². The summed E-state index contributed by atoms with van der Waals surface area (Å²) in [6, 6.07) is 5.87. The van der Waals surface area contributed by atoms with Gasteiger partial charge in [-0.1, -0.05) is 6.58 Å². The molecule has 72 valence electrons. The third-order valence-corrected chi connectivity index (χ3v) is 1.58. The quantitative estimate of drug-likeness (QED) is 0.711. The van der Waals surface area contributed by atoms with Crippen LogP contribution in [-0.4, -0.2) is 17.0 Å². The van der Waals surface area contributed by atoms with Gasteiger partial charge in [0.25, 0.3) is 0 Å². The summed E-state index contributed by atoms with van der Waals surface area (Å²) in [5.74, 6) is -1.32. The molecule has 0 spiro atoms. The zero-order valence-electron chi connectivity index (χ0n) is 7.36. The van der Waals surface area contributed by atoms with Crippen LogP contribution in [0.4, 0.5) is 5.69 Å². The van der Waals surface area contributed by atoms with Crippen molar-refractivity contribution in [2.75, 3.05) is 5.32 Å². The van der Waals surface area contributed by atoms with E-state index in [0.29, 0.717) is 5.69 Å². The van der Waals surface area contributed by atoms with E-state index < -0.39 is 5.97 Å². The van der Waals surface area contributed by atoms with Gasteiger partial charge in [0.1, 0.15) is 0 Å². The van der Waals surface area contributed by atoms with Crippen molar-refractivity contribution >= 4 is 17.6 Å². The molecule has 2 N–H and O–H groups in total. The van der Waals surface area contributed by atoms with Gasteiger partial charge in [-0.2, -0.15) is 0 Å². The molecule has 0 aromatic heterocycles.